The monoisotopic (exact) mass is 388 g/mol. The number of anilines is 1. The maximum atomic E-state index is 13.2. The van der Waals surface area contributed by atoms with E-state index in [4.69, 9.17) is 0 Å². The maximum absolute atomic E-state index is 13.2. The lowest BCUT2D eigenvalue weighted by molar-refractivity contribution is -0.136. The van der Waals surface area contributed by atoms with Gasteiger partial charge in [0.25, 0.3) is 0 Å². The number of aryl methyl sites for hydroxylation is 1. The van der Waals surface area contributed by atoms with Crippen molar-refractivity contribution in [3.63, 3.8) is 0 Å². The first-order chi connectivity index (χ1) is 12.9. The predicted octanol–water partition coefficient (Wildman–Crippen LogP) is 2.97. The third-order valence-corrected chi connectivity index (χ3v) is 5.11. The normalized spacial score (nSPS) is 12.0. The molecule has 1 aromatic carbocycles. The van der Waals surface area contributed by atoms with Crippen LogP contribution in [0.4, 0.5) is 5.13 Å². The van der Waals surface area contributed by atoms with Crippen molar-refractivity contribution in [1.29, 1.82) is 0 Å². The van der Waals surface area contributed by atoms with Crippen molar-refractivity contribution in [1.82, 2.24) is 14.8 Å². The van der Waals surface area contributed by atoms with E-state index in [1.807, 2.05) is 68.6 Å². The molecule has 7 heteroatoms. The van der Waals surface area contributed by atoms with Crippen LogP contribution >= 0.6 is 11.3 Å². The molecule has 0 radical (unpaired) electrons. The highest BCUT2D eigenvalue weighted by molar-refractivity contribution is 7.13. The van der Waals surface area contributed by atoms with E-state index >= 15 is 0 Å². The van der Waals surface area contributed by atoms with Crippen LogP contribution in [0.2, 0.25) is 0 Å². The zero-order chi connectivity index (χ0) is 19.8. The second-order valence-corrected chi connectivity index (χ2v) is 7.63. The third-order valence-electron chi connectivity index (χ3n) is 4.24. The Hall–Kier alpha value is -2.25. The van der Waals surface area contributed by atoms with Crippen molar-refractivity contribution >= 4 is 28.3 Å². The molecular weight excluding hydrogens is 360 g/mol. The van der Waals surface area contributed by atoms with Crippen LogP contribution in [0.25, 0.3) is 0 Å². The highest BCUT2D eigenvalue weighted by Crippen LogP contribution is 2.22. The first-order valence-corrected chi connectivity index (χ1v) is 9.99. The van der Waals surface area contributed by atoms with E-state index in [1.54, 1.807) is 4.90 Å². The molecule has 1 N–H and O–H groups in total. The number of amides is 2. The lowest BCUT2D eigenvalue weighted by atomic mass is 9.95. The van der Waals surface area contributed by atoms with Gasteiger partial charge in [-0.1, -0.05) is 37.3 Å². The molecule has 146 valence electrons. The zero-order valence-corrected chi connectivity index (χ0v) is 17.3. The molecule has 0 aliphatic carbocycles. The van der Waals surface area contributed by atoms with E-state index in [1.165, 1.54) is 11.3 Å². The molecule has 27 heavy (non-hydrogen) atoms. The van der Waals surface area contributed by atoms with Gasteiger partial charge in [-0.25, -0.2) is 4.98 Å². The van der Waals surface area contributed by atoms with Gasteiger partial charge in [-0.05, 0) is 33.0 Å². The summed E-state index contributed by atoms with van der Waals surface area (Å²) in [5.41, 5.74) is 1.85. The average molecular weight is 389 g/mol. The fourth-order valence-corrected chi connectivity index (χ4v) is 3.49. The lowest BCUT2D eigenvalue weighted by Crippen LogP contribution is -2.43. The van der Waals surface area contributed by atoms with Crippen LogP contribution < -0.4 is 5.32 Å². The topological polar surface area (TPSA) is 65.5 Å². The Morgan fingerprint density at radius 2 is 1.89 bits per heavy atom. The van der Waals surface area contributed by atoms with Gasteiger partial charge in [-0.2, -0.15) is 0 Å². The van der Waals surface area contributed by atoms with Crippen LogP contribution in [-0.2, 0) is 9.59 Å². The largest absolute Gasteiger partial charge is 0.332 e. The van der Waals surface area contributed by atoms with Crippen LogP contribution in [0.5, 0.6) is 0 Å². The van der Waals surface area contributed by atoms with Gasteiger partial charge >= 0.3 is 0 Å². The SMILES string of the molecule is CCC(C(=O)N(CCN(C)C)CC(=O)Nc1nc(C)cs1)c1ccccc1. The summed E-state index contributed by atoms with van der Waals surface area (Å²) < 4.78 is 0. The van der Waals surface area contributed by atoms with E-state index in [0.29, 0.717) is 24.6 Å². The van der Waals surface area contributed by atoms with Crippen molar-refractivity contribution in [3.8, 4) is 0 Å². The number of hydrogen-bond acceptors (Lipinski definition) is 5. The smallest absolute Gasteiger partial charge is 0.245 e. The first kappa shape index (κ1) is 21.1. The minimum atomic E-state index is -0.247. The Kier molecular flexibility index (Phi) is 7.94. The minimum Gasteiger partial charge on any atom is -0.332 e. The number of benzene rings is 1. The summed E-state index contributed by atoms with van der Waals surface area (Å²) in [6.45, 7) is 5.09. The third kappa shape index (κ3) is 6.45. The first-order valence-electron chi connectivity index (χ1n) is 9.11. The van der Waals surface area contributed by atoms with Gasteiger partial charge in [0.1, 0.15) is 0 Å². The second-order valence-electron chi connectivity index (χ2n) is 6.78. The van der Waals surface area contributed by atoms with Crippen molar-refractivity contribution < 1.29 is 9.59 Å². The predicted molar refractivity (Wildman–Crippen MR) is 110 cm³/mol. The number of nitrogens with zero attached hydrogens (tertiary/aromatic N) is 3. The number of carbonyl (C=O) groups excluding carboxylic acids is 2. The molecule has 0 aliphatic rings. The van der Waals surface area contributed by atoms with Gasteiger partial charge in [-0.15, -0.1) is 11.3 Å². The summed E-state index contributed by atoms with van der Waals surface area (Å²) in [7, 11) is 3.91. The quantitative estimate of drug-likeness (QED) is 0.717. The molecule has 0 spiro atoms. The Morgan fingerprint density at radius 3 is 2.44 bits per heavy atom. The van der Waals surface area contributed by atoms with E-state index in [9.17, 15) is 9.59 Å². The molecular formula is C20H28N4O2S. The fraction of sp³-hybridized carbons (Fsp3) is 0.450. The van der Waals surface area contributed by atoms with E-state index < -0.39 is 0 Å². The van der Waals surface area contributed by atoms with E-state index in [-0.39, 0.29) is 24.3 Å². The van der Waals surface area contributed by atoms with Gasteiger partial charge in [0, 0.05) is 18.5 Å². The van der Waals surface area contributed by atoms with E-state index in [2.05, 4.69) is 10.3 Å². The number of likely N-dealkylation sites (N-methyl/N-ethyl adjacent to an activating group) is 1. The molecule has 1 atom stereocenters. The molecule has 2 rings (SSSR count). The maximum Gasteiger partial charge on any atom is 0.245 e. The Balaban J connectivity index is 2.11. The Bertz CT molecular complexity index is 745. The fourth-order valence-electron chi connectivity index (χ4n) is 2.79. The summed E-state index contributed by atoms with van der Waals surface area (Å²) in [5.74, 6) is -0.487. The van der Waals surface area contributed by atoms with Gasteiger partial charge in [0.05, 0.1) is 18.2 Å². The minimum absolute atomic E-state index is 0.0176. The highest BCUT2D eigenvalue weighted by Gasteiger charge is 2.26. The lowest BCUT2D eigenvalue weighted by Gasteiger charge is -2.28. The van der Waals surface area contributed by atoms with Crippen molar-refractivity contribution in [3.05, 3.63) is 47.0 Å². The van der Waals surface area contributed by atoms with Crippen LogP contribution in [0.1, 0.15) is 30.5 Å². The molecule has 0 bridgehead atoms. The number of hydrogen-bond donors (Lipinski definition) is 1. The summed E-state index contributed by atoms with van der Waals surface area (Å²) in [4.78, 5) is 33.6. The molecule has 2 amide bonds. The summed E-state index contributed by atoms with van der Waals surface area (Å²) in [6.07, 6.45) is 0.689. The number of aromatic nitrogens is 1. The molecule has 0 aliphatic heterocycles. The number of thiazole rings is 1. The molecule has 0 saturated heterocycles. The van der Waals surface area contributed by atoms with Crippen LogP contribution in [0, 0.1) is 6.92 Å². The van der Waals surface area contributed by atoms with Gasteiger partial charge in [0.2, 0.25) is 11.8 Å². The number of nitrogens with one attached hydrogen (secondary N) is 1. The molecule has 0 saturated carbocycles. The zero-order valence-electron chi connectivity index (χ0n) is 16.4. The molecule has 1 heterocycles. The molecule has 2 aromatic rings. The summed E-state index contributed by atoms with van der Waals surface area (Å²) in [5, 5.41) is 5.24. The number of carbonyl (C=O) groups is 2. The highest BCUT2D eigenvalue weighted by atomic mass is 32.1. The number of rotatable bonds is 9. The van der Waals surface area contributed by atoms with Crippen LogP contribution in [-0.4, -0.2) is 60.3 Å². The van der Waals surface area contributed by atoms with Gasteiger partial charge in [0.15, 0.2) is 5.13 Å². The molecule has 1 unspecified atom stereocenters. The second kappa shape index (κ2) is 10.2. The Morgan fingerprint density at radius 1 is 1.19 bits per heavy atom. The summed E-state index contributed by atoms with van der Waals surface area (Å²) in [6, 6.07) is 9.75. The van der Waals surface area contributed by atoms with Gasteiger partial charge < -0.3 is 15.1 Å². The van der Waals surface area contributed by atoms with Crippen molar-refractivity contribution in [2.45, 2.75) is 26.2 Å². The molecule has 6 nitrogen and oxygen atoms in total. The standard InChI is InChI=1S/C20H28N4O2S/c1-5-17(16-9-7-6-8-10-16)19(26)24(12-11-23(3)4)13-18(25)22-20-21-15(2)14-27-20/h6-10,14,17H,5,11-13H2,1-4H3,(H,21,22,25). The van der Waals surface area contributed by atoms with Gasteiger partial charge in [-0.3, -0.25) is 9.59 Å². The van der Waals surface area contributed by atoms with Crippen molar-refractivity contribution in [2.75, 3.05) is 39.0 Å². The van der Waals surface area contributed by atoms with Crippen LogP contribution in [0.15, 0.2) is 35.7 Å². The van der Waals surface area contributed by atoms with E-state index in [0.717, 1.165) is 11.3 Å². The summed E-state index contributed by atoms with van der Waals surface area (Å²) >= 11 is 1.38. The molecule has 1 aromatic heterocycles. The average Bonchev–Trinajstić information content (AvgIpc) is 3.04. The van der Waals surface area contributed by atoms with Crippen molar-refractivity contribution in [2.24, 2.45) is 0 Å². The Labute approximate surface area is 165 Å². The molecule has 0 fully saturated rings. The van der Waals surface area contributed by atoms with Crippen LogP contribution in [0.3, 0.4) is 0 Å².